The van der Waals surface area contributed by atoms with Crippen molar-refractivity contribution in [2.24, 2.45) is 0 Å². The Labute approximate surface area is 269 Å². The van der Waals surface area contributed by atoms with Crippen molar-refractivity contribution in [2.45, 2.75) is 75.2 Å². The molecule has 3 aromatic carbocycles. The van der Waals surface area contributed by atoms with Gasteiger partial charge in [0.1, 0.15) is 11.7 Å². The third kappa shape index (κ3) is 4.81. The van der Waals surface area contributed by atoms with E-state index >= 15 is 0 Å². The molecule has 2 bridgehead atoms. The van der Waals surface area contributed by atoms with Crippen molar-refractivity contribution in [3.63, 3.8) is 0 Å². The molecule has 1 saturated heterocycles. The highest BCUT2D eigenvalue weighted by molar-refractivity contribution is 5.92. The Kier molecular flexibility index (Phi) is 7.71. The van der Waals surface area contributed by atoms with Gasteiger partial charge in [-0.25, -0.2) is 0 Å². The molecule has 3 aromatic rings. The minimum atomic E-state index is -0.869. The molecule has 0 N–H and O–H groups in total. The summed E-state index contributed by atoms with van der Waals surface area (Å²) < 4.78 is 19.2. The van der Waals surface area contributed by atoms with Crippen molar-refractivity contribution in [1.29, 1.82) is 0 Å². The number of nitrogens with zero attached hydrogens (tertiary/aromatic N) is 2. The first kappa shape index (κ1) is 30.2. The molecule has 2 heterocycles. The summed E-state index contributed by atoms with van der Waals surface area (Å²) in [6.07, 6.45) is 6.36. The van der Waals surface area contributed by atoms with Crippen LogP contribution >= 0.6 is 0 Å². The Morgan fingerprint density at radius 1 is 0.978 bits per heavy atom. The quantitative estimate of drug-likeness (QED) is 0.196. The summed E-state index contributed by atoms with van der Waals surface area (Å²) in [6, 6.07) is 23.7. The summed E-state index contributed by atoms with van der Waals surface area (Å²) in [7, 11) is 1.83. The molecule has 46 heavy (non-hydrogen) atoms. The molecule has 0 radical (unpaired) electrons. The van der Waals surface area contributed by atoms with Crippen LogP contribution in [-0.2, 0) is 37.4 Å². The number of hydrogen-bond donors (Lipinski definition) is 0. The molecule has 2 fully saturated rings. The maximum atomic E-state index is 13.7. The number of carbonyl (C=O) groups is 3. The molecule has 2 aliphatic heterocycles. The van der Waals surface area contributed by atoms with Gasteiger partial charge in [-0.1, -0.05) is 66.7 Å². The molecular formula is C38H40N2O6. The van der Waals surface area contributed by atoms with Crippen molar-refractivity contribution < 1.29 is 28.6 Å². The van der Waals surface area contributed by atoms with E-state index < -0.39 is 23.1 Å². The monoisotopic (exact) mass is 620 g/mol. The van der Waals surface area contributed by atoms with E-state index in [-0.39, 0.29) is 24.0 Å². The molecule has 2 aliphatic carbocycles. The van der Waals surface area contributed by atoms with Crippen molar-refractivity contribution in [2.75, 3.05) is 20.1 Å². The zero-order valence-electron chi connectivity index (χ0n) is 26.6. The number of rotatable bonds is 8. The van der Waals surface area contributed by atoms with Crippen LogP contribution < -0.4 is 9.47 Å². The van der Waals surface area contributed by atoms with E-state index in [2.05, 4.69) is 29.2 Å². The number of likely N-dealkylation sites (N-methyl/N-ethyl adjacent to an activating group) is 1. The Hall–Kier alpha value is -4.43. The van der Waals surface area contributed by atoms with Crippen molar-refractivity contribution in [3.8, 4) is 11.5 Å². The lowest BCUT2D eigenvalue weighted by Crippen LogP contribution is -2.79. The predicted molar refractivity (Wildman–Crippen MR) is 173 cm³/mol. The molecule has 1 spiro atoms. The molecule has 238 valence electrons. The fraction of sp³-hybridized carbons (Fsp3) is 0.395. The Bertz CT molecular complexity index is 1690. The van der Waals surface area contributed by atoms with E-state index in [9.17, 15) is 14.4 Å². The van der Waals surface area contributed by atoms with E-state index in [1.807, 2.05) is 61.7 Å². The van der Waals surface area contributed by atoms with Crippen molar-refractivity contribution >= 4 is 23.9 Å². The van der Waals surface area contributed by atoms with Crippen LogP contribution in [0.25, 0.3) is 6.08 Å². The van der Waals surface area contributed by atoms with Crippen LogP contribution in [0.15, 0.2) is 78.9 Å². The van der Waals surface area contributed by atoms with Gasteiger partial charge in [0.15, 0.2) is 11.5 Å². The average molecular weight is 621 g/mol. The standard InChI is InChI=1S/C38H40N2O6/c1-25(41)44-31-16-15-29-24-32-38(46-26(2)42)20-18-30(39(3)33(43)17-14-27-10-6-4-7-11-27)36-37(38,34(29)35(31)45-36)21-23-40(32)22-19-28-12-8-5-9-13-28/h4-17,30,32,36H,18-24H2,1-3H3/t30-,32+,36-,37-,38+/m0/s1. The molecule has 7 rings (SSSR count). The third-order valence-electron chi connectivity index (χ3n) is 10.7. The van der Waals surface area contributed by atoms with Gasteiger partial charge in [0, 0.05) is 39.1 Å². The number of amides is 1. The van der Waals surface area contributed by atoms with Gasteiger partial charge in [-0.3, -0.25) is 19.3 Å². The fourth-order valence-corrected chi connectivity index (χ4v) is 8.86. The molecule has 0 unspecified atom stereocenters. The number of likely N-dealkylation sites (tertiary alicyclic amines) is 1. The molecule has 1 amide bonds. The van der Waals surface area contributed by atoms with Gasteiger partial charge in [-0.2, -0.15) is 0 Å². The lowest BCUT2D eigenvalue weighted by Gasteiger charge is -2.65. The first-order chi connectivity index (χ1) is 22.2. The van der Waals surface area contributed by atoms with Gasteiger partial charge >= 0.3 is 11.9 Å². The van der Waals surface area contributed by atoms with Crippen LogP contribution in [-0.4, -0.2) is 71.6 Å². The minimum absolute atomic E-state index is 0.0714. The fourth-order valence-electron chi connectivity index (χ4n) is 8.86. The first-order valence-electron chi connectivity index (χ1n) is 16.2. The molecule has 8 heteroatoms. The normalized spacial score (nSPS) is 27.4. The molecule has 1 saturated carbocycles. The van der Waals surface area contributed by atoms with Crippen LogP contribution in [0.5, 0.6) is 11.5 Å². The number of benzene rings is 3. The molecule has 4 aliphatic rings. The third-order valence-corrected chi connectivity index (χ3v) is 10.7. The predicted octanol–water partition coefficient (Wildman–Crippen LogP) is 5.12. The van der Waals surface area contributed by atoms with Gasteiger partial charge in [-0.15, -0.1) is 0 Å². The van der Waals surface area contributed by atoms with E-state index in [1.165, 1.54) is 19.4 Å². The number of piperidine rings is 1. The zero-order chi connectivity index (χ0) is 32.1. The van der Waals surface area contributed by atoms with E-state index in [4.69, 9.17) is 14.2 Å². The summed E-state index contributed by atoms with van der Waals surface area (Å²) in [4.78, 5) is 43.2. The van der Waals surface area contributed by atoms with E-state index in [1.54, 1.807) is 11.0 Å². The summed E-state index contributed by atoms with van der Waals surface area (Å²) in [5.74, 6) is 0.0248. The Morgan fingerprint density at radius 2 is 1.72 bits per heavy atom. The number of esters is 2. The second kappa shape index (κ2) is 11.7. The Balaban J connectivity index is 1.31. The largest absolute Gasteiger partial charge is 0.483 e. The molecule has 0 aromatic heterocycles. The molecule has 5 atom stereocenters. The summed E-state index contributed by atoms with van der Waals surface area (Å²) >= 11 is 0. The highest BCUT2D eigenvalue weighted by atomic mass is 16.6. The maximum Gasteiger partial charge on any atom is 0.308 e. The number of ether oxygens (including phenoxy) is 3. The number of carbonyl (C=O) groups excluding carboxylic acids is 3. The van der Waals surface area contributed by atoms with Gasteiger partial charge in [-0.05, 0) is 67.5 Å². The molecular weight excluding hydrogens is 580 g/mol. The minimum Gasteiger partial charge on any atom is -0.483 e. The lowest BCUT2D eigenvalue weighted by molar-refractivity contribution is -0.223. The maximum absolute atomic E-state index is 13.7. The van der Waals surface area contributed by atoms with Gasteiger partial charge in [0.2, 0.25) is 5.91 Å². The first-order valence-corrected chi connectivity index (χ1v) is 16.2. The lowest BCUT2D eigenvalue weighted by atomic mass is 9.48. The average Bonchev–Trinajstić information content (AvgIpc) is 3.40. The number of hydrogen-bond acceptors (Lipinski definition) is 7. The summed E-state index contributed by atoms with van der Waals surface area (Å²) in [5, 5.41) is 0. The van der Waals surface area contributed by atoms with Gasteiger partial charge in [0.05, 0.1) is 17.5 Å². The van der Waals surface area contributed by atoms with Crippen molar-refractivity contribution in [1.82, 2.24) is 9.80 Å². The van der Waals surface area contributed by atoms with Crippen LogP contribution in [0.3, 0.4) is 0 Å². The zero-order valence-corrected chi connectivity index (χ0v) is 26.6. The second-order valence-corrected chi connectivity index (χ2v) is 13.1. The van der Waals surface area contributed by atoms with Crippen LogP contribution in [0, 0.1) is 0 Å². The van der Waals surface area contributed by atoms with Crippen LogP contribution in [0.2, 0.25) is 0 Å². The summed E-state index contributed by atoms with van der Waals surface area (Å²) in [6.45, 7) is 4.49. The second-order valence-electron chi connectivity index (χ2n) is 13.1. The summed E-state index contributed by atoms with van der Waals surface area (Å²) in [5.41, 5.74) is 2.71. The Morgan fingerprint density at radius 3 is 2.43 bits per heavy atom. The van der Waals surface area contributed by atoms with E-state index in [0.717, 1.165) is 36.2 Å². The van der Waals surface area contributed by atoms with Crippen LogP contribution in [0.4, 0.5) is 0 Å². The highest BCUT2D eigenvalue weighted by Gasteiger charge is 2.75. The smallest absolute Gasteiger partial charge is 0.308 e. The topological polar surface area (TPSA) is 85.4 Å². The SMILES string of the molecule is CC(=O)Oc1ccc2c3c1O[C@H]1[C@@H](N(C)C(=O)C=Cc4ccccc4)CC[C@@]4(OC(C)=O)[C@@H](C2)N(CCc2ccccc2)CC[C@]314. The van der Waals surface area contributed by atoms with E-state index in [0.29, 0.717) is 37.2 Å². The highest BCUT2D eigenvalue weighted by Crippen LogP contribution is 2.67. The van der Waals surface area contributed by atoms with Gasteiger partial charge in [0.25, 0.3) is 0 Å². The molecule has 8 nitrogen and oxygen atoms in total. The van der Waals surface area contributed by atoms with Crippen LogP contribution in [0.1, 0.15) is 55.4 Å². The van der Waals surface area contributed by atoms with Gasteiger partial charge < -0.3 is 19.1 Å². The van der Waals surface area contributed by atoms with Crippen molar-refractivity contribution in [3.05, 3.63) is 101 Å².